The van der Waals surface area contributed by atoms with Crippen LogP contribution in [0.2, 0.25) is 0 Å². The molecule has 2 atom stereocenters. The molecule has 8 heteroatoms. The van der Waals surface area contributed by atoms with E-state index < -0.39 is 24.0 Å². The lowest BCUT2D eigenvalue weighted by molar-refractivity contribution is -0.141. The Morgan fingerprint density at radius 1 is 1.44 bits per heavy atom. The van der Waals surface area contributed by atoms with Gasteiger partial charge in [-0.05, 0) is 13.8 Å². The van der Waals surface area contributed by atoms with Crippen LogP contribution in [0.3, 0.4) is 0 Å². The van der Waals surface area contributed by atoms with Gasteiger partial charge in [-0.25, -0.2) is 4.79 Å². The minimum Gasteiger partial charge on any atom is -0.481 e. The van der Waals surface area contributed by atoms with Crippen LogP contribution in [0.5, 0.6) is 0 Å². The molecule has 0 aliphatic carbocycles. The van der Waals surface area contributed by atoms with Crippen molar-refractivity contribution in [1.82, 2.24) is 25.6 Å². The van der Waals surface area contributed by atoms with Gasteiger partial charge in [-0.2, -0.15) is 0 Å². The van der Waals surface area contributed by atoms with Crippen molar-refractivity contribution in [2.24, 2.45) is 5.92 Å². The highest BCUT2D eigenvalue weighted by atomic mass is 16.4. The zero-order chi connectivity index (χ0) is 13.5. The number of amides is 2. The van der Waals surface area contributed by atoms with Crippen LogP contribution in [0.15, 0.2) is 12.4 Å². The highest BCUT2D eigenvalue weighted by molar-refractivity contribution is 5.76. The van der Waals surface area contributed by atoms with Gasteiger partial charge in [0.15, 0.2) is 0 Å². The third-order valence-electron chi connectivity index (χ3n) is 2.60. The van der Waals surface area contributed by atoms with Gasteiger partial charge in [0.1, 0.15) is 0 Å². The predicted molar refractivity (Wildman–Crippen MR) is 62.8 cm³/mol. The molecule has 0 aliphatic rings. The number of urea groups is 1. The van der Waals surface area contributed by atoms with E-state index in [1.165, 1.54) is 0 Å². The average Bonchev–Trinajstić information content (AvgIpc) is 2.80. The molecule has 1 rings (SSSR count). The highest BCUT2D eigenvalue weighted by Crippen LogP contribution is 2.01. The summed E-state index contributed by atoms with van der Waals surface area (Å²) < 4.78 is 1.59. The number of rotatable bonds is 6. The first kappa shape index (κ1) is 13.9. The van der Waals surface area contributed by atoms with Crippen molar-refractivity contribution in [1.29, 1.82) is 0 Å². The van der Waals surface area contributed by atoms with E-state index in [1.54, 1.807) is 30.9 Å². The highest BCUT2D eigenvalue weighted by Gasteiger charge is 2.20. The summed E-state index contributed by atoms with van der Waals surface area (Å²) in [5, 5.41) is 21.3. The Morgan fingerprint density at radius 2 is 2.17 bits per heavy atom. The summed E-state index contributed by atoms with van der Waals surface area (Å²) in [6, 6.07) is -0.829. The average molecular weight is 255 g/mol. The van der Waals surface area contributed by atoms with Crippen molar-refractivity contribution in [2.45, 2.75) is 26.4 Å². The molecule has 1 aromatic heterocycles. The molecule has 0 saturated heterocycles. The number of carboxylic acids is 1. The lowest BCUT2D eigenvalue weighted by atomic mass is 10.0. The fourth-order valence-electron chi connectivity index (χ4n) is 1.23. The maximum Gasteiger partial charge on any atom is 0.315 e. The molecule has 0 fully saturated rings. The number of hydrogen-bond donors (Lipinski definition) is 3. The second kappa shape index (κ2) is 6.58. The molecule has 0 saturated carbocycles. The molecule has 1 aromatic rings. The van der Waals surface area contributed by atoms with E-state index >= 15 is 0 Å². The molecule has 8 nitrogen and oxygen atoms in total. The topological polar surface area (TPSA) is 109 Å². The second-order valence-electron chi connectivity index (χ2n) is 3.98. The summed E-state index contributed by atoms with van der Waals surface area (Å²) in [4.78, 5) is 22.1. The number of hydrogen-bond acceptors (Lipinski definition) is 4. The third-order valence-corrected chi connectivity index (χ3v) is 2.60. The van der Waals surface area contributed by atoms with Crippen molar-refractivity contribution in [2.75, 3.05) is 6.54 Å². The lowest BCUT2D eigenvalue weighted by Crippen LogP contribution is -2.45. The van der Waals surface area contributed by atoms with Gasteiger partial charge in [-0.1, -0.05) is 5.21 Å². The van der Waals surface area contributed by atoms with Crippen LogP contribution in [0, 0.1) is 5.92 Å². The van der Waals surface area contributed by atoms with Crippen molar-refractivity contribution < 1.29 is 14.7 Å². The van der Waals surface area contributed by atoms with Gasteiger partial charge in [0.2, 0.25) is 0 Å². The summed E-state index contributed by atoms with van der Waals surface area (Å²) in [5.74, 6) is -1.57. The number of aromatic nitrogens is 3. The van der Waals surface area contributed by atoms with Crippen LogP contribution in [0.25, 0.3) is 0 Å². The smallest absolute Gasteiger partial charge is 0.315 e. The van der Waals surface area contributed by atoms with Crippen LogP contribution in [-0.2, 0) is 11.3 Å². The van der Waals surface area contributed by atoms with Crippen molar-refractivity contribution >= 4 is 12.0 Å². The Labute approximate surface area is 104 Å². The first-order valence-corrected chi connectivity index (χ1v) is 5.62. The van der Waals surface area contributed by atoms with Gasteiger partial charge < -0.3 is 15.7 Å². The van der Waals surface area contributed by atoms with E-state index in [1.807, 2.05) is 0 Å². The molecule has 2 amide bonds. The molecule has 18 heavy (non-hydrogen) atoms. The number of nitrogens with one attached hydrogen (secondary N) is 2. The second-order valence-corrected chi connectivity index (χ2v) is 3.98. The van der Waals surface area contributed by atoms with E-state index in [0.29, 0.717) is 13.1 Å². The lowest BCUT2D eigenvalue weighted by Gasteiger charge is -2.18. The van der Waals surface area contributed by atoms with Crippen LogP contribution in [0.1, 0.15) is 13.8 Å². The maximum absolute atomic E-state index is 11.4. The van der Waals surface area contributed by atoms with Crippen molar-refractivity contribution in [3.05, 3.63) is 12.4 Å². The molecule has 0 bridgehead atoms. The molecule has 0 radical (unpaired) electrons. The van der Waals surface area contributed by atoms with Gasteiger partial charge >= 0.3 is 12.0 Å². The van der Waals surface area contributed by atoms with E-state index in [4.69, 9.17) is 5.11 Å². The van der Waals surface area contributed by atoms with Gasteiger partial charge in [0, 0.05) is 18.8 Å². The first-order chi connectivity index (χ1) is 8.50. The van der Waals surface area contributed by atoms with Crippen LogP contribution in [0.4, 0.5) is 4.79 Å². The number of carbonyl (C=O) groups excluding carboxylic acids is 1. The number of aliphatic carboxylic acids is 1. The minimum atomic E-state index is -0.939. The summed E-state index contributed by atoms with van der Waals surface area (Å²) in [5.41, 5.74) is 0. The Balaban J connectivity index is 2.23. The van der Waals surface area contributed by atoms with Crippen molar-refractivity contribution in [3.8, 4) is 0 Å². The van der Waals surface area contributed by atoms with E-state index in [9.17, 15) is 9.59 Å². The Morgan fingerprint density at radius 3 is 2.72 bits per heavy atom. The maximum atomic E-state index is 11.4. The van der Waals surface area contributed by atoms with Crippen molar-refractivity contribution in [3.63, 3.8) is 0 Å². The molecule has 2 unspecified atom stereocenters. The quantitative estimate of drug-likeness (QED) is 0.645. The van der Waals surface area contributed by atoms with Gasteiger partial charge in [-0.15, -0.1) is 5.10 Å². The molecule has 0 aliphatic heterocycles. The number of carbonyl (C=O) groups is 2. The van der Waals surface area contributed by atoms with Gasteiger partial charge in [-0.3, -0.25) is 9.48 Å². The number of nitrogens with zero attached hydrogens (tertiary/aromatic N) is 3. The van der Waals surface area contributed by atoms with E-state index in [-0.39, 0.29) is 0 Å². The summed E-state index contributed by atoms with van der Waals surface area (Å²) in [6.07, 6.45) is 3.24. The standard InChI is InChI=1S/C10H17N5O3/c1-7(9(16)17)8(2)13-10(18)11-3-5-15-6-4-12-14-15/h4,6-8H,3,5H2,1-2H3,(H,16,17)(H2,11,13,18). The fraction of sp³-hybridized carbons (Fsp3) is 0.600. The molecule has 1 heterocycles. The zero-order valence-electron chi connectivity index (χ0n) is 10.3. The fourth-order valence-corrected chi connectivity index (χ4v) is 1.23. The summed E-state index contributed by atoms with van der Waals surface area (Å²) in [6.45, 7) is 4.10. The van der Waals surface area contributed by atoms with Gasteiger partial charge in [0.25, 0.3) is 0 Å². The molecule has 0 spiro atoms. The van der Waals surface area contributed by atoms with E-state index in [2.05, 4.69) is 20.9 Å². The SMILES string of the molecule is CC(NC(=O)NCCn1ccnn1)C(C)C(=O)O. The van der Waals surface area contributed by atoms with E-state index in [0.717, 1.165) is 0 Å². The molecule has 0 aromatic carbocycles. The van der Waals surface area contributed by atoms with Crippen LogP contribution >= 0.6 is 0 Å². The predicted octanol–water partition coefficient (Wildman–Crippen LogP) is -0.313. The molecule has 3 N–H and O–H groups in total. The minimum absolute atomic E-state index is 0.392. The molecule has 100 valence electrons. The first-order valence-electron chi connectivity index (χ1n) is 5.62. The summed E-state index contributed by atoms with van der Waals surface area (Å²) in [7, 11) is 0. The normalized spacial score (nSPS) is 13.7. The Kier molecular flexibility index (Phi) is 5.09. The Hall–Kier alpha value is -2.12. The molecular weight excluding hydrogens is 238 g/mol. The van der Waals surface area contributed by atoms with Crippen LogP contribution < -0.4 is 10.6 Å². The van der Waals surface area contributed by atoms with Crippen LogP contribution in [-0.4, -0.2) is 44.7 Å². The molecular formula is C10H17N5O3. The summed E-state index contributed by atoms with van der Waals surface area (Å²) >= 11 is 0. The number of carboxylic acid groups (broad SMARTS) is 1. The Bertz CT molecular complexity index is 392. The monoisotopic (exact) mass is 255 g/mol. The van der Waals surface area contributed by atoms with Gasteiger partial charge in [0.05, 0.1) is 18.7 Å². The largest absolute Gasteiger partial charge is 0.481 e. The third kappa shape index (κ3) is 4.40. The zero-order valence-corrected chi connectivity index (χ0v) is 10.3.